The summed E-state index contributed by atoms with van der Waals surface area (Å²) in [5, 5.41) is 5.33. The molecule has 1 aromatic rings. The van der Waals surface area contributed by atoms with Crippen molar-refractivity contribution < 1.29 is 14.4 Å². The number of nitrogens with one attached hydrogen (secondary N) is 4. The van der Waals surface area contributed by atoms with Crippen molar-refractivity contribution in [3.05, 3.63) is 35.9 Å². The van der Waals surface area contributed by atoms with Gasteiger partial charge in [0.2, 0.25) is 0 Å². The number of hydrazine groups is 1. The minimum atomic E-state index is -0.493. The first-order valence-corrected chi connectivity index (χ1v) is 7.84. The van der Waals surface area contributed by atoms with Crippen LogP contribution < -0.4 is 21.5 Å². The van der Waals surface area contributed by atoms with E-state index >= 15 is 0 Å². The van der Waals surface area contributed by atoms with Crippen LogP contribution in [-0.4, -0.2) is 30.4 Å². The SMILES string of the molecule is O=C(CNC(=O)NC1CCCCC1)NNC(=O)c1ccccc1. The maximum atomic E-state index is 11.7. The molecule has 2 rings (SSSR count). The minimum absolute atomic E-state index is 0.185. The summed E-state index contributed by atoms with van der Waals surface area (Å²) in [4.78, 5) is 35.0. The van der Waals surface area contributed by atoms with Crippen molar-refractivity contribution in [3.63, 3.8) is 0 Å². The van der Waals surface area contributed by atoms with Crippen LogP contribution in [0, 0.1) is 0 Å². The van der Waals surface area contributed by atoms with E-state index in [2.05, 4.69) is 21.5 Å². The summed E-state index contributed by atoms with van der Waals surface area (Å²) in [6.07, 6.45) is 5.41. The Morgan fingerprint density at radius 3 is 2.35 bits per heavy atom. The largest absolute Gasteiger partial charge is 0.335 e. The fourth-order valence-electron chi connectivity index (χ4n) is 2.48. The zero-order valence-corrected chi connectivity index (χ0v) is 12.9. The van der Waals surface area contributed by atoms with Gasteiger partial charge in [-0.3, -0.25) is 20.4 Å². The van der Waals surface area contributed by atoms with Crippen molar-refractivity contribution >= 4 is 17.8 Å². The van der Waals surface area contributed by atoms with Gasteiger partial charge in [0, 0.05) is 11.6 Å². The molecule has 1 fully saturated rings. The van der Waals surface area contributed by atoms with Gasteiger partial charge >= 0.3 is 6.03 Å². The van der Waals surface area contributed by atoms with Gasteiger partial charge < -0.3 is 10.6 Å². The molecule has 4 amide bonds. The lowest BCUT2D eigenvalue weighted by molar-refractivity contribution is -0.120. The topological polar surface area (TPSA) is 99.3 Å². The first-order valence-electron chi connectivity index (χ1n) is 7.84. The highest BCUT2D eigenvalue weighted by Crippen LogP contribution is 2.16. The van der Waals surface area contributed by atoms with Crippen molar-refractivity contribution in [1.82, 2.24) is 21.5 Å². The molecule has 1 saturated carbocycles. The van der Waals surface area contributed by atoms with E-state index in [0.29, 0.717) is 5.56 Å². The highest BCUT2D eigenvalue weighted by molar-refractivity contribution is 5.95. The van der Waals surface area contributed by atoms with Crippen LogP contribution >= 0.6 is 0 Å². The average Bonchev–Trinajstić information content (AvgIpc) is 2.59. The van der Waals surface area contributed by atoms with Crippen molar-refractivity contribution in [3.8, 4) is 0 Å². The second-order valence-corrected chi connectivity index (χ2v) is 5.53. The smallest absolute Gasteiger partial charge is 0.315 e. The molecule has 1 aliphatic carbocycles. The molecule has 1 aliphatic rings. The highest BCUT2D eigenvalue weighted by Gasteiger charge is 2.16. The van der Waals surface area contributed by atoms with Crippen LogP contribution in [0.5, 0.6) is 0 Å². The van der Waals surface area contributed by atoms with E-state index in [-0.39, 0.29) is 18.6 Å². The van der Waals surface area contributed by atoms with Gasteiger partial charge in [-0.1, -0.05) is 37.5 Å². The summed E-state index contributed by atoms with van der Waals surface area (Å²) in [7, 11) is 0. The maximum Gasteiger partial charge on any atom is 0.315 e. The Kier molecular flexibility index (Phi) is 6.40. The van der Waals surface area contributed by atoms with Gasteiger partial charge in [-0.2, -0.15) is 0 Å². The highest BCUT2D eigenvalue weighted by atomic mass is 16.2. The molecule has 0 aromatic heterocycles. The molecule has 0 radical (unpaired) electrons. The summed E-state index contributed by atoms with van der Waals surface area (Å²) < 4.78 is 0. The van der Waals surface area contributed by atoms with E-state index < -0.39 is 11.8 Å². The lowest BCUT2D eigenvalue weighted by Gasteiger charge is -2.22. The molecule has 1 aromatic carbocycles. The van der Waals surface area contributed by atoms with Crippen LogP contribution in [0.4, 0.5) is 4.79 Å². The normalized spacial score (nSPS) is 14.6. The Morgan fingerprint density at radius 2 is 1.65 bits per heavy atom. The second-order valence-electron chi connectivity index (χ2n) is 5.53. The van der Waals surface area contributed by atoms with Crippen molar-refractivity contribution in [2.75, 3.05) is 6.54 Å². The Balaban J connectivity index is 1.62. The third-order valence-electron chi connectivity index (χ3n) is 3.70. The van der Waals surface area contributed by atoms with E-state index in [0.717, 1.165) is 25.7 Å². The number of carbonyl (C=O) groups excluding carboxylic acids is 3. The van der Waals surface area contributed by atoms with Crippen LogP contribution in [0.25, 0.3) is 0 Å². The Morgan fingerprint density at radius 1 is 0.957 bits per heavy atom. The molecular formula is C16H22N4O3. The molecule has 7 nitrogen and oxygen atoms in total. The summed E-state index contributed by atoms with van der Waals surface area (Å²) >= 11 is 0. The predicted octanol–water partition coefficient (Wildman–Crippen LogP) is 1.08. The van der Waals surface area contributed by atoms with E-state index in [9.17, 15) is 14.4 Å². The minimum Gasteiger partial charge on any atom is -0.335 e. The summed E-state index contributed by atoms with van der Waals surface area (Å²) in [6, 6.07) is 8.35. The molecule has 0 aliphatic heterocycles. The zero-order valence-electron chi connectivity index (χ0n) is 12.9. The molecule has 7 heteroatoms. The molecule has 4 N–H and O–H groups in total. The Bertz CT molecular complexity index is 542. The number of hydrogen-bond acceptors (Lipinski definition) is 3. The van der Waals surface area contributed by atoms with Crippen molar-refractivity contribution in [2.45, 2.75) is 38.1 Å². The molecule has 0 saturated heterocycles. The molecule has 124 valence electrons. The van der Waals surface area contributed by atoms with Crippen molar-refractivity contribution in [1.29, 1.82) is 0 Å². The first-order chi connectivity index (χ1) is 11.1. The first kappa shape index (κ1) is 16.8. The van der Waals surface area contributed by atoms with Crippen LogP contribution in [0.1, 0.15) is 42.5 Å². The summed E-state index contributed by atoms with van der Waals surface area (Å²) in [6.45, 7) is -0.201. The summed E-state index contributed by atoms with van der Waals surface area (Å²) in [5.41, 5.74) is 4.99. The molecule has 0 unspecified atom stereocenters. The number of rotatable bonds is 4. The van der Waals surface area contributed by atoms with Gasteiger partial charge in [-0.25, -0.2) is 4.79 Å². The standard InChI is InChI=1S/C16H22N4O3/c21-14(19-20-15(22)12-7-3-1-4-8-12)11-17-16(23)18-13-9-5-2-6-10-13/h1,3-4,7-8,13H,2,5-6,9-11H2,(H,19,21)(H,20,22)(H2,17,18,23). The molecule has 0 atom stereocenters. The lowest BCUT2D eigenvalue weighted by Crippen LogP contribution is -2.49. The second kappa shape index (κ2) is 8.77. The molecule has 0 spiro atoms. The number of amides is 4. The summed E-state index contributed by atoms with van der Waals surface area (Å²) in [5.74, 6) is -0.904. The Hall–Kier alpha value is -2.57. The predicted molar refractivity (Wildman–Crippen MR) is 85.5 cm³/mol. The fraction of sp³-hybridized carbons (Fsp3) is 0.438. The van der Waals surface area contributed by atoms with Crippen LogP contribution in [0.2, 0.25) is 0 Å². The van der Waals surface area contributed by atoms with E-state index in [1.54, 1.807) is 30.3 Å². The average molecular weight is 318 g/mol. The molecular weight excluding hydrogens is 296 g/mol. The number of urea groups is 1. The van der Waals surface area contributed by atoms with Gasteiger partial charge in [0.25, 0.3) is 11.8 Å². The maximum absolute atomic E-state index is 11.7. The quantitative estimate of drug-likeness (QED) is 0.625. The number of benzene rings is 1. The number of hydrogen-bond donors (Lipinski definition) is 4. The van der Waals surface area contributed by atoms with Crippen LogP contribution in [0.15, 0.2) is 30.3 Å². The van der Waals surface area contributed by atoms with E-state index in [4.69, 9.17) is 0 Å². The third kappa shape index (κ3) is 5.98. The monoisotopic (exact) mass is 318 g/mol. The van der Waals surface area contributed by atoms with Gasteiger partial charge in [-0.15, -0.1) is 0 Å². The molecule has 0 bridgehead atoms. The van der Waals surface area contributed by atoms with E-state index in [1.807, 2.05) is 0 Å². The van der Waals surface area contributed by atoms with Crippen LogP contribution in [-0.2, 0) is 4.79 Å². The Labute approximate surface area is 135 Å². The van der Waals surface area contributed by atoms with Gasteiger partial charge in [0.1, 0.15) is 6.54 Å². The third-order valence-corrected chi connectivity index (χ3v) is 3.70. The van der Waals surface area contributed by atoms with Gasteiger partial charge in [-0.05, 0) is 25.0 Å². The van der Waals surface area contributed by atoms with Gasteiger partial charge in [0.05, 0.1) is 0 Å². The van der Waals surface area contributed by atoms with Crippen LogP contribution in [0.3, 0.4) is 0 Å². The number of carbonyl (C=O) groups is 3. The molecule has 23 heavy (non-hydrogen) atoms. The fourth-order valence-corrected chi connectivity index (χ4v) is 2.48. The van der Waals surface area contributed by atoms with E-state index in [1.165, 1.54) is 6.42 Å². The lowest BCUT2D eigenvalue weighted by atomic mass is 9.96. The molecule has 0 heterocycles. The van der Waals surface area contributed by atoms with Gasteiger partial charge in [0.15, 0.2) is 0 Å². The zero-order chi connectivity index (χ0) is 16.5. The van der Waals surface area contributed by atoms with Crippen molar-refractivity contribution in [2.24, 2.45) is 0 Å².